The average Bonchev–Trinajstić information content (AvgIpc) is 2.25. The minimum Gasteiger partial charge on any atom is -0.498 e. The highest BCUT2D eigenvalue weighted by molar-refractivity contribution is 6.14. The van der Waals surface area contributed by atoms with Crippen LogP contribution in [0.4, 0.5) is 0 Å². The molecule has 0 aromatic rings. The van der Waals surface area contributed by atoms with E-state index in [1.807, 2.05) is 13.8 Å². The topological polar surface area (TPSA) is 58.6 Å². The molecule has 16 heavy (non-hydrogen) atoms. The van der Waals surface area contributed by atoms with E-state index >= 15 is 0 Å². The van der Waals surface area contributed by atoms with Gasteiger partial charge in [0.1, 0.15) is 0 Å². The summed E-state index contributed by atoms with van der Waals surface area (Å²) in [5.41, 5.74) is 0.875. The van der Waals surface area contributed by atoms with Crippen molar-refractivity contribution in [2.75, 3.05) is 0 Å². The van der Waals surface area contributed by atoms with Gasteiger partial charge in [-0.2, -0.15) is 0 Å². The fourth-order valence-electron chi connectivity index (χ4n) is 1.27. The third-order valence-electron chi connectivity index (χ3n) is 2.04. The number of carbonyl (C=O) groups is 1. The predicted octanol–water partition coefficient (Wildman–Crippen LogP) is 1.99. The lowest BCUT2D eigenvalue weighted by molar-refractivity contribution is -0.132. The zero-order valence-corrected chi connectivity index (χ0v) is 9.86. The number of allylic oxidation sites excluding steroid dienone is 2. The van der Waals surface area contributed by atoms with Crippen molar-refractivity contribution in [1.82, 2.24) is 4.84 Å². The highest BCUT2D eigenvalue weighted by atomic mass is 35.5. The predicted molar refractivity (Wildman–Crippen MR) is 61.9 cm³/mol. The van der Waals surface area contributed by atoms with Gasteiger partial charge in [-0.15, -0.1) is 0 Å². The van der Waals surface area contributed by atoms with Gasteiger partial charge in [-0.25, -0.2) is 9.63 Å². The molecule has 0 fully saturated rings. The van der Waals surface area contributed by atoms with E-state index in [0.717, 1.165) is 0 Å². The van der Waals surface area contributed by atoms with Crippen LogP contribution in [0.1, 0.15) is 13.8 Å². The molecule has 0 aromatic carbocycles. The zero-order valence-electron chi connectivity index (χ0n) is 9.11. The van der Waals surface area contributed by atoms with E-state index in [9.17, 15) is 4.79 Å². The molecule has 0 spiro atoms. The molecule has 0 radical (unpaired) electrons. The van der Waals surface area contributed by atoms with Crippen LogP contribution >= 0.6 is 11.8 Å². The van der Waals surface area contributed by atoms with Crippen LogP contribution in [0, 0.1) is 0 Å². The maximum atomic E-state index is 10.9. The van der Waals surface area contributed by atoms with E-state index in [2.05, 4.69) is 4.84 Å². The number of carboxylic acids is 1. The molecule has 1 atom stereocenters. The summed E-state index contributed by atoms with van der Waals surface area (Å²) >= 11 is 5.54. The highest BCUT2D eigenvalue weighted by Crippen LogP contribution is 2.20. The molecule has 0 heterocycles. The van der Waals surface area contributed by atoms with Crippen molar-refractivity contribution in [3.05, 3.63) is 35.6 Å². The van der Waals surface area contributed by atoms with Crippen molar-refractivity contribution in [3.63, 3.8) is 0 Å². The van der Waals surface area contributed by atoms with Gasteiger partial charge < -0.3 is 9.84 Å². The third-order valence-corrected chi connectivity index (χ3v) is 2.26. The molecule has 0 bridgehead atoms. The summed E-state index contributed by atoms with van der Waals surface area (Å²) < 4.78 is 5.31. The van der Waals surface area contributed by atoms with Gasteiger partial charge in [-0.1, -0.05) is 12.2 Å². The maximum Gasteiger partial charge on any atom is 0.333 e. The molecule has 4 nitrogen and oxygen atoms in total. The Morgan fingerprint density at radius 2 is 2.38 bits per heavy atom. The van der Waals surface area contributed by atoms with Crippen molar-refractivity contribution >= 4 is 17.7 Å². The van der Waals surface area contributed by atoms with Crippen molar-refractivity contribution in [3.8, 4) is 0 Å². The second kappa shape index (κ2) is 5.72. The summed E-state index contributed by atoms with van der Waals surface area (Å²) in [6.07, 6.45) is 6.49. The van der Waals surface area contributed by atoms with Gasteiger partial charge in [-0.3, -0.25) is 0 Å². The van der Waals surface area contributed by atoms with Crippen LogP contribution in [0.2, 0.25) is 0 Å². The van der Waals surface area contributed by atoms with Crippen molar-refractivity contribution in [1.29, 1.82) is 0 Å². The first-order chi connectivity index (χ1) is 7.56. The highest BCUT2D eigenvalue weighted by Gasteiger charge is 2.24. The standard InChI is InChI=1S/C11H14ClNO3/c1-7(2)16-6-8-4-3-5-9(11(14)15)10(8)13-12/h3-7,10,13H,1-2H3,(H,14,15). The minimum absolute atomic E-state index is 0.0380. The Hall–Kier alpha value is -1.26. The first-order valence-corrected chi connectivity index (χ1v) is 5.27. The molecule has 5 heteroatoms. The number of aliphatic carboxylic acids is 1. The SMILES string of the molecule is CC(C)OC=C1C=CC=C(C(=O)O)C1NCl. The normalized spacial score (nSPS) is 22.4. The Kier molecular flexibility index (Phi) is 4.58. The van der Waals surface area contributed by atoms with Gasteiger partial charge in [0.2, 0.25) is 0 Å². The molecule has 88 valence electrons. The molecule has 0 aromatic heterocycles. The number of rotatable bonds is 4. The van der Waals surface area contributed by atoms with Gasteiger partial charge in [0, 0.05) is 5.57 Å². The van der Waals surface area contributed by atoms with Crippen LogP contribution in [-0.4, -0.2) is 23.2 Å². The largest absolute Gasteiger partial charge is 0.498 e. The summed E-state index contributed by atoms with van der Waals surface area (Å²) in [6, 6.07) is -0.553. The Labute approximate surface area is 99.3 Å². The lowest BCUT2D eigenvalue weighted by atomic mass is 9.95. The second-order valence-electron chi connectivity index (χ2n) is 3.63. The number of ether oxygens (including phenoxy) is 1. The summed E-state index contributed by atoms with van der Waals surface area (Å²) in [7, 11) is 0. The molecule has 0 amide bonds. The Morgan fingerprint density at radius 1 is 1.69 bits per heavy atom. The molecule has 0 aliphatic heterocycles. The van der Waals surface area contributed by atoms with Crippen LogP contribution < -0.4 is 4.84 Å². The van der Waals surface area contributed by atoms with E-state index in [4.69, 9.17) is 21.6 Å². The fraction of sp³-hybridized carbons (Fsp3) is 0.364. The lowest BCUT2D eigenvalue weighted by Crippen LogP contribution is -2.30. The van der Waals surface area contributed by atoms with E-state index in [1.165, 1.54) is 12.3 Å². The number of hydrogen-bond acceptors (Lipinski definition) is 3. The molecule has 0 saturated carbocycles. The third kappa shape index (κ3) is 3.12. The summed E-state index contributed by atoms with van der Waals surface area (Å²) in [5, 5.41) is 8.97. The minimum atomic E-state index is -1.00. The molecule has 1 aliphatic carbocycles. The molecular weight excluding hydrogens is 230 g/mol. The van der Waals surface area contributed by atoms with Crippen molar-refractivity contribution < 1.29 is 14.6 Å². The van der Waals surface area contributed by atoms with E-state index in [-0.39, 0.29) is 11.7 Å². The smallest absolute Gasteiger partial charge is 0.333 e. The van der Waals surface area contributed by atoms with E-state index in [1.54, 1.807) is 12.2 Å². The maximum absolute atomic E-state index is 10.9. The van der Waals surface area contributed by atoms with Gasteiger partial charge in [-0.05, 0) is 31.7 Å². The van der Waals surface area contributed by atoms with Crippen LogP contribution in [0.25, 0.3) is 0 Å². The van der Waals surface area contributed by atoms with Gasteiger partial charge in [0.15, 0.2) is 0 Å². The summed E-state index contributed by atoms with van der Waals surface area (Å²) in [5.74, 6) is -1.00. The average molecular weight is 244 g/mol. The van der Waals surface area contributed by atoms with Crippen LogP contribution in [0.15, 0.2) is 35.6 Å². The van der Waals surface area contributed by atoms with Crippen LogP contribution in [0.5, 0.6) is 0 Å². The van der Waals surface area contributed by atoms with Crippen molar-refractivity contribution in [2.24, 2.45) is 0 Å². The quantitative estimate of drug-likeness (QED) is 0.586. The molecule has 1 rings (SSSR count). The zero-order chi connectivity index (χ0) is 12.1. The fourth-order valence-corrected chi connectivity index (χ4v) is 1.52. The summed E-state index contributed by atoms with van der Waals surface area (Å²) in [4.78, 5) is 13.4. The Bertz CT molecular complexity index is 358. The molecule has 0 saturated heterocycles. The Morgan fingerprint density at radius 3 is 2.88 bits per heavy atom. The first-order valence-electron chi connectivity index (χ1n) is 4.89. The molecule has 1 unspecified atom stereocenters. The van der Waals surface area contributed by atoms with Gasteiger partial charge >= 0.3 is 5.97 Å². The Balaban J connectivity index is 2.89. The molecule has 2 N–H and O–H groups in total. The van der Waals surface area contributed by atoms with Gasteiger partial charge in [0.05, 0.1) is 24.0 Å². The first kappa shape index (κ1) is 12.8. The second-order valence-corrected chi connectivity index (χ2v) is 3.85. The number of hydrogen-bond donors (Lipinski definition) is 2. The number of carboxylic acid groups (broad SMARTS) is 1. The number of nitrogens with one attached hydrogen (secondary N) is 1. The van der Waals surface area contributed by atoms with Crippen molar-refractivity contribution in [2.45, 2.75) is 26.0 Å². The van der Waals surface area contributed by atoms with E-state index < -0.39 is 12.0 Å². The number of halogens is 1. The van der Waals surface area contributed by atoms with Crippen LogP contribution in [0.3, 0.4) is 0 Å². The lowest BCUT2D eigenvalue weighted by Gasteiger charge is -2.20. The molecule has 1 aliphatic rings. The monoisotopic (exact) mass is 243 g/mol. The van der Waals surface area contributed by atoms with Crippen LogP contribution in [-0.2, 0) is 9.53 Å². The summed E-state index contributed by atoms with van der Waals surface area (Å²) in [6.45, 7) is 3.78. The van der Waals surface area contributed by atoms with E-state index in [0.29, 0.717) is 5.57 Å². The molecular formula is C11H14ClNO3. The van der Waals surface area contributed by atoms with Gasteiger partial charge in [0.25, 0.3) is 0 Å².